The lowest BCUT2D eigenvalue weighted by molar-refractivity contribution is 0.0962. The smallest absolute Gasteiger partial charge is 0.253 e. The van der Waals surface area contributed by atoms with Crippen molar-refractivity contribution in [2.75, 3.05) is 12.4 Å². The summed E-state index contributed by atoms with van der Waals surface area (Å²) in [5.74, 6) is 1.32. The van der Waals surface area contributed by atoms with Gasteiger partial charge in [-0.15, -0.1) is 0 Å². The van der Waals surface area contributed by atoms with Gasteiger partial charge in [-0.05, 0) is 22.8 Å². The number of rotatable bonds is 4. The van der Waals surface area contributed by atoms with Crippen molar-refractivity contribution in [3.8, 4) is 0 Å². The van der Waals surface area contributed by atoms with Gasteiger partial charge in [-0.2, -0.15) is 5.10 Å². The maximum Gasteiger partial charge on any atom is 0.253 e. The number of benzene rings is 1. The number of hydrogen-bond acceptors (Lipinski definition) is 4. The molecule has 0 saturated heterocycles. The van der Waals surface area contributed by atoms with Crippen molar-refractivity contribution in [3.05, 3.63) is 71.0 Å². The molecule has 6 heteroatoms. The molecular weight excluding hydrogens is 326 g/mol. The predicted molar refractivity (Wildman–Crippen MR) is 102 cm³/mol. The predicted octanol–water partition coefficient (Wildman–Crippen LogP) is 3.02. The van der Waals surface area contributed by atoms with Crippen LogP contribution >= 0.6 is 0 Å². The maximum absolute atomic E-state index is 12.3. The SMILES string of the molecule is CNC(=O)c1cnc(Nc2ccn(C)n2)c2c1C=C(c1ccccc1)C2. The zero-order valence-corrected chi connectivity index (χ0v) is 14.7. The standard InChI is InChI=1S/C20H19N5O/c1-21-20(26)17-12-22-19(23-18-8-9-25(2)24-18)16-11-14(10-15(16)17)13-6-4-3-5-7-13/h3-10,12H,11H2,1-2H3,(H,21,26)(H,22,23,24). The summed E-state index contributed by atoms with van der Waals surface area (Å²) < 4.78 is 1.73. The zero-order chi connectivity index (χ0) is 18.1. The van der Waals surface area contributed by atoms with Crippen LogP contribution in [-0.4, -0.2) is 27.7 Å². The molecule has 4 rings (SSSR count). The number of fused-ring (bicyclic) bond motifs is 1. The van der Waals surface area contributed by atoms with Gasteiger partial charge in [0.1, 0.15) is 5.82 Å². The summed E-state index contributed by atoms with van der Waals surface area (Å²) in [6, 6.07) is 12.1. The fourth-order valence-corrected chi connectivity index (χ4v) is 3.19. The van der Waals surface area contributed by atoms with Crippen LogP contribution in [0.5, 0.6) is 0 Å². The highest BCUT2D eigenvalue weighted by Crippen LogP contribution is 2.37. The van der Waals surface area contributed by atoms with Gasteiger partial charge in [0.2, 0.25) is 0 Å². The molecule has 130 valence electrons. The number of carbonyl (C=O) groups is 1. The molecule has 26 heavy (non-hydrogen) atoms. The molecule has 1 aromatic carbocycles. The van der Waals surface area contributed by atoms with E-state index in [0.717, 1.165) is 28.3 Å². The van der Waals surface area contributed by atoms with Gasteiger partial charge in [-0.1, -0.05) is 30.3 Å². The average Bonchev–Trinajstić information content (AvgIpc) is 3.29. The Morgan fingerprint density at radius 2 is 2.00 bits per heavy atom. The Kier molecular flexibility index (Phi) is 4.01. The van der Waals surface area contributed by atoms with E-state index in [2.05, 4.69) is 38.9 Å². The fraction of sp³-hybridized carbons (Fsp3) is 0.150. The number of carbonyl (C=O) groups excluding carboxylic acids is 1. The molecule has 0 unspecified atom stereocenters. The first kappa shape index (κ1) is 16.1. The topological polar surface area (TPSA) is 71.8 Å². The second-order valence-corrected chi connectivity index (χ2v) is 6.20. The van der Waals surface area contributed by atoms with Crippen LogP contribution in [0.2, 0.25) is 0 Å². The number of hydrogen-bond donors (Lipinski definition) is 2. The molecule has 0 aliphatic heterocycles. The molecule has 1 aliphatic rings. The monoisotopic (exact) mass is 345 g/mol. The number of aryl methyl sites for hydroxylation is 1. The molecule has 0 fully saturated rings. The normalized spacial score (nSPS) is 12.5. The largest absolute Gasteiger partial charge is 0.355 e. The van der Waals surface area contributed by atoms with E-state index in [-0.39, 0.29) is 5.91 Å². The highest BCUT2D eigenvalue weighted by Gasteiger charge is 2.24. The Morgan fingerprint density at radius 1 is 1.19 bits per heavy atom. The number of nitrogens with one attached hydrogen (secondary N) is 2. The Morgan fingerprint density at radius 3 is 2.69 bits per heavy atom. The Balaban J connectivity index is 1.77. The fourth-order valence-electron chi connectivity index (χ4n) is 3.19. The minimum absolute atomic E-state index is 0.135. The van der Waals surface area contributed by atoms with Crippen LogP contribution in [-0.2, 0) is 13.5 Å². The molecule has 2 heterocycles. The molecule has 2 N–H and O–H groups in total. The summed E-state index contributed by atoms with van der Waals surface area (Å²) in [7, 11) is 3.50. The number of pyridine rings is 1. The van der Waals surface area contributed by atoms with Crippen molar-refractivity contribution in [2.45, 2.75) is 6.42 Å². The van der Waals surface area contributed by atoms with Crippen molar-refractivity contribution < 1.29 is 4.79 Å². The molecule has 2 aromatic heterocycles. The van der Waals surface area contributed by atoms with Crippen LogP contribution in [0.15, 0.2) is 48.8 Å². The lowest BCUT2D eigenvalue weighted by atomic mass is 10.0. The summed E-state index contributed by atoms with van der Waals surface area (Å²) in [4.78, 5) is 16.8. The first-order valence-electron chi connectivity index (χ1n) is 8.42. The van der Waals surface area contributed by atoms with Gasteiger partial charge in [-0.25, -0.2) is 4.98 Å². The molecule has 0 spiro atoms. The summed E-state index contributed by atoms with van der Waals surface area (Å²) >= 11 is 0. The van der Waals surface area contributed by atoms with E-state index in [1.165, 1.54) is 5.57 Å². The third-order valence-corrected chi connectivity index (χ3v) is 4.49. The number of allylic oxidation sites excluding steroid dienone is 1. The van der Waals surface area contributed by atoms with Crippen molar-refractivity contribution in [1.29, 1.82) is 0 Å². The lowest BCUT2D eigenvalue weighted by Crippen LogP contribution is -2.20. The van der Waals surface area contributed by atoms with Gasteiger partial charge in [-0.3, -0.25) is 9.48 Å². The first-order valence-corrected chi connectivity index (χ1v) is 8.42. The zero-order valence-electron chi connectivity index (χ0n) is 14.7. The summed E-state index contributed by atoms with van der Waals surface area (Å²) in [5, 5.41) is 10.3. The van der Waals surface area contributed by atoms with Crippen LogP contribution in [0.25, 0.3) is 11.6 Å². The van der Waals surface area contributed by atoms with Crippen LogP contribution in [0.4, 0.5) is 11.6 Å². The van der Waals surface area contributed by atoms with Crippen molar-refractivity contribution in [1.82, 2.24) is 20.1 Å². The van der Waals surface area contributed by atoms with E-state index in [0.29, 0.717) is 12.0 Å². The lowest BCUT2D eigenvalue weighted by Gasteiger charge is -2.12. The first-order chi connectivity index (χ1) is 12.7. The van der Waals surface area contributed by atoms with Crippen LogP contribution < -0.4 is 10.6 Å². The van der Waals surface area contributed by atoms with E-state index in [1.54, 1.807) is 17.9 Å². The Hall–Kier alpha value is -3.41. The van der Waals surface area contributed by atoms with Gasteiger partial charge in [0, 0.05) is 44.5 Å². The second-order valence-electron chi connectivity index (χ2n) is 6.20. The van der Waals surface area contributed by atoms with Crippen molar-refractivity contribution in [2.24, 2.45) is 7.05 Å². The minimum atomic E-state index is -0.135. The van der Waals surface area contributed by atoms with Gasteiger partial charge < -0.3 is 10.6 Å². The van der Waals surface area contributed by atoms with E-state index in [1.807, 2.05) is 37.5 Å². The minimum Gasteiger partial charge on any atom is -0.355 e. The molecule has 3 aromatic rings. The molecule has 0 radical (unpaired) electrons. The molecule has 1 aliphatic carbocycles. The third-order valence-electron chi connectivity index (χ3n) is 4.49. The summed E-state index contributed by atoms with van der Waals surface area (Å²) in [6.07, 6.45) is 6.29. The van der Waals surface area contributed by atoms with E-state index in [9.17, 15) is 4.79 Å². The highest BCUT2D eigenvalue weighted by molar-refractivity contribution is 6.03. The van der Waals surface area contributed by atoms with E-state index in [4.69, 9.17) is 0 Å². The number of aromatic nitrogens is 3. The van der Waals surface area contributed by atoms with Crippen molar-refractivity contribution in [3.63, 3.8) is 0 Å². The number of amides is 1. The number of nitrogens with zero attached hydrogens (tertiary/aromatic N) is 3. The van der Waals surface area contributed by atoms with Crippen LogP contribution in [0.1, 0.15) is 27.0 Å². The molecule has 0 bridgehead atoms. The molecule has 1 amide bonds. The number of anilines is 2. The molecule has 0 atom stereocenters. The Labute approximate surface area is 151 Å². The third kappa shape index (κ3) is 2.86. The second kappa shape index (κ2) is 6.48. The molecule has 0 saturated carbocycles. The van der Waals surface area contributed by atoms with E-state index >= 15 is 0 Å². The van der Waals surface area contributed by atoms with Gasteiger partial charge in [0.15, 0.2) is 5.82 Å². The molecular formula is C20H19N5O. The van der Waals surface area contributed by atoms with E-state index < -0.39 is 0 Å². The van der Waals surface area contributed by atoms with Gasteiger partial charge in [0.25, 0.3) is 5.91 Å². The van der Waals surface area contributed by atoms with Crippen molar-refractivity contribution >= 4 is 29.2 Å². The van der Waals surface area contributed by atoms with Crippen LogP contribution in [0, 0.1) is 0 Å². The van der Waals surface area contributed by atoms with Crippen LogP contribution in [0.3, 0.4) is 0 Å². The summed E-state index contributed by atoms with van der Waals surface area (Å²) in [6.45, 7) is 0. The maximum atomic E-state index is 12.3. The quantitative estimate of drug-likeness (QED) is 0.762. The highest BCUT2D eigenvalue weighted by atomic mass is 16.1. The van der Waals surface area contributed by atoms with Gasteiger partial charge in [0.05, 0.1) is 5.56 Å². The summed E-state index contributed by atoms with van der Waals surface area (Å²) in [5.41, 5.74) is 4.82. The Bertz CT molecular complexity index is 1000. The van der Waals surface area contributed by atoms with Gasteiger partial charge >= 0.3 is 0 Å². The molecule has 6 nitrogen and oxygen atoms in total. The average molecular weight is 345 g/mol.